The molecular weight excluding hydrogens is 559 g/mol. The predicted molar refractivity (Wildman–Crippen MR) is 171 cm³/mol. The maximum absolute atomic E-state index is 14.4. The third-order valence-electron chi connectivity index (χ3n) is 9.35. The lowest BCUT2D eigenvalue weighted by molar-refractivity contribution is -0.140. The first kappa shape index (κ1) is 33.5. The topological polar surface area (TPSA) is 99.1 Å². The average Bonchev–Trinajstić information content (AvgIpc) is 3.02. The van der Waals surface area contributed by atoms with Crippen molar-refractivity contribution < 1.29 is 28.9 Å². The molecule has 0 heterocycles. The molecule has 4 rings (SSSR count). The van der Waals surface area contributed by atoms with Gasteiger partial charge in [0.05, 0.1) is 11.7 Å². The van der Waals surface area contributed by atoms with E-state index in [1.807, 2.05) is 26.1 Å². The Balaban J connectivity index is 1.83. The number of allylic oxidation sites excluding steroid dienone is 6. The molecule has 2 unspecified atom stereocenters. The van der Waals surface area contributed by atoms with Crippen molar-refractivity contribution in [3.8, 4) is 0 Å². The fraction of sp³-hybridized carbons (Fsp3) is 0.556. The Morgan fingerprint density at radius 1 is 1.16 bits per heavy atom. The van der Waals surface area contributed by atoms with Crippen molar-refractivity contribution in [2.24, 2.45) is 11.8 Å². The maximum atomic E-state index is 14.4. The molecular formula is C36H49FN2O5. The van der Waals surface area contributed by atoms with E-state index >= 15 is 0 Å². The van der Waals surface area contributed by atoms with Crippen LogP contribution in [-0.2, 0) is 9.53 Å². The van der Waals surface area contributed by atoms with Gasteiger partial charge in [-0.25, -0.2) is 9.18 Å². The monoisotopic (exact) mass is 608 g/mol. The van der Waals surface area contributed by atoms with Gasteiger partial charge < -0.3 is 25.2 Å². The fourth-order valence-electron chi connectivity index (χ4n) is 6.82. The van der Waals surface area contributed by atoms with E-state index in [4.69, 9.17) is 4.74 Å². The summed E-state index contributed by atoms with van der Waals surface area (Å²) in [6.45, 7) is 4.81. The summed E-state index contributed by atoms with van der Waals surface area (Å²) in [5, 5.41) is 23.8. The number of halogens is 1. The molecule has 44 heavy (non-hydrogen) atoms. The molecule has 0 amide bonds. The third kappa shape index (κ3) is 8.40. The van der Waals surface area contributed by atoms with Crippen molar-refractivity contribution in [2.45, 2.75) is 103 Å². The van der Waals surface area contributed by atoms with E-state index in [-0.39, 0.29) is 18.6 Å². The molecule has 1 aromatic carbocycles. The van der Waals surface area contributed by atoms with Gasteiger partial charge in [0, 0.05) is 35.6 Å². The lowest BCUT2D eigenvalue weighted by atomic mass is 9.82. The first-order valence-corrected chi connectivity index (χ1v) is 16.4. The van der Waals surface area contributed by atoms with Gasteiger partial charge in [-0.1, -0.05) is 57.2 Å². The summed E-state index contributed by atoms with van der Waals surface area (Å²) in [4.78, 5) is 27.0. The van der Waals surface area contributed by atoms with Crippen molar-refractivity contribution in [1.82, 2.24) is 10.2 Å². The van der Waals surface area contributed by atoms with E-state index in [9.17, 15) is 24.2 Å². The number of likely N-dealkylation sites (N-methyl/N-ethyl adjacent to an activating group) is 1. The Hall–Kier alpha value is -3.39. The number of carbonyl (C=O) groups is 2. The second kappa shape index (κ2) is 16.1. The van der Waals surface area contributed by atoms with Gasteiger partial charge in [-0.05, 0) is 88.6 Å². The zero-order valence-corrected chi connectivity index (χ0v) is 26.5. The Labute approximate surface area is 261 Å². The maximum Gasteiger partial charge on any atom is 0.338 e. The number of nitrogens with zero attached hydrogens (tertiary/aromatic N) is 1. The number of carboxylic acids is 2. The molecule has 0 radical (unpaired) electrons. The van der Waals surface area contributed by atoms with Gasteiger partial charge >= 0.3 is 11.9 Å². The summed E-state index contributed by atoms with van der Waals surface area (Å²) < 4.78 is 21.0. The number of hydrogen-bond donors (Lipinski definition) is 3. The number of aliphatic carboxylic acids is 1. The van der Waals surface area contributed by atoms with Crippen LogP contribution in [0.15, 0.2) is 59.7 Å². The van der Waals surface area contributed by atoms with E-state index in [0.29, 0.717) is 35.1 Å². The van der Waals surface area contributed by atoms with Crippen molar-refractivity contribution in [3.05, 3.63) is 76.6 Å². The Morgan fingerprint density at radius 2 is 1.93 bits per heavy atom. The smallest absolute Gasteiger partial charge is 0.338 e. The third-order valence-corrected chi connectivity index (χ3v) is 9.35. The van der Waals surface area contributed by atoms with Crippen LogP contribution in [0.3, 0.4) is 0 Å². The molecule has 0 bridgehead atoms. The predicted octanol–water partition coefficient (Wildman–Crippen LogP) is 7.91. The first-order chi connectivity index (χ1) is 21.2. The van der Waals surface area contributed by atoms with E-state index in [1.54, 1.807) is 0 Å². The van der Waals surface area contributed by atoms with Gasteiger partial charge in [0.1, 0.15) is 17.5 Å². The number of ether oxygens (including phenoxy) is 1. The molecule has 7 nitrogen and oxygen atoms in total. The van der Waals surface area contributed by atoms with Crippen molar-refractivity contribution in [2.75, 3.05) is 13.6 Å². The molecule has 8 heteroatoms. The van der Waals surface area contributed by atoms with Gasteiger partial charge in [-0.15, -0.1) is 0 Å². The zero-order chi connectivity index (χ0) is 31.6. The highest BCUT2D eigenvalue weighted by Gasteiger charge is 2.37. The number of carboxylic acid groups (broad SMARTS) is 2. The summed E-state index contributed by atoms with van der Waals surface area (Å²) in [5.74, 6) is -3.01. The zero-order valence-electron chi connectivity index (χ0n) is 26.5. The van der Waals surface area contributed by atoms with Gasteiger partial charge in [0.25, 0.3) is 0 Å². The number of rotatable bonds is 15. The molecule has 3 aliphatic rings. The summed E-state index contributed by atoms with van der Waals surface area (Å²) in [5.41, 5.74) is 2.35. The second-order valence-corrected chi connectivity index (χ2v) is 12.5. The molecule has 240 valence electrons. The van der Waals surface area contributed by atoms with Crippen LogP contribution in [0, 0.1) is 17.7 Å². The number of unbranched alkanes of at least 4 members (excludes halogenated alkanes) is 2. The SMILES string of the molecule is CCCCCC(C)OC1=C(c2ccc(F)c(C(=O)O)c2)CC(C(=O)O)C(N(C[C@H](NC)C2CCCCC2)C2=CC=CCC2)=C1. The quantitative estimate of drug-likeness (QED) is 0.174. The van der Waals surface area contributed by atoms with Crippen LogP contribution in [0.25, 0.3) is 5.57 Å². The minimum absolute atomic E-state index is 0.107. The normalized spacial score (nSPS) is 20.5. The molecule has 3 atom stereocenters. The molecule has 0 saturated heterocycles. The van der Waals surface area contributed by atoms with Gasteiger partial charge in [0.2, 0.25) is 0 Å². The van der Waals surface area contributed by atoms with Crippen LogP contribution in [0.2, 0.25) is 0 Å². The largest absolute Gasteiger partial charge is 0.490 e. The van der Waals surface area contributed by atoms with Gasteiger partial charge in [-0.3, -0.25) is 4.79 Å². The minimum atomic E-state index is -1.37. The van der Waals surface area contributed by atoms with Crippen LogP contribution in [0.5, 0.6) is 0 Å². The highest BCUT2D eigenvalue weighted by atomic mass is 19.1. The van der Waals surface area contributed by atoms with Gasteiger partial charge in [-0.2, -0.15) is 0 Å². The van der Waals surface area contributed by atoms with Crippen LogP contribution < -0.4 is 5.32 Å². The van der Waals surface area contributed by atoms with Crippen LogP contribution in [0.4, 0.5) is 4.39 Å². The number of nitrogens with one attached hydrogen (secondary N) is 1. The van der Waals surface area contributed by atoms with Crippen LogP contribution >= 0.6 is 0 Å². The Morgan fingerprint density at radius 3 is 2.57 bits per heavy atom. The minimum Gasteiger partial charge on any atom is -0.490 e. The summed E-state index contributed by atoms with van der Waals surface area (Å²) >= 11 is 0. The van der Waals surface area contributed by atoms with Crippen molar-refractivity contribution in [3.63, 3.8) is 0 Å². The fourth-order valence-corrected chi connectivity index (χ4v) is 6.82. The summed E-state index contributed by atoms with van der Waals surface area (Å²) in [6, 6.07) is 4.14. The number of benzene rings is 1. The molecule has 1 fully saturated rings. The molecule has 1 saturated carbocycles. The number of hydrogen-bond acceptors (Lipinski definition) is 5. The van der Waals surface area contributed by atoms with Crippen molar-refractivity contribution in [1.29, 1.82) is 0 Å². The van der Waals surface area contributed by atoms with E-state index in [2.05, 4.69) is 29.3 Å². The molecule has 3 N–H and O–H groups in total. The average molecular weight is 609 g/mol. The van der Waals surface area contributed by atoms with Crippen LogP contribution in [0.1, 0.15) is 107 Å². The Kier molecular flexibility index (Phi) is 12.2. The molecule has 1 aromatic rings. The highest BCUT2D eigenvalue weighted by molar-refractivity contribution is 5.90. The standard InChI is InChI=1S/C36H49FN2O5/c1-4-5-8-13-24(2)44-34-22-33(30(36(42)43)21-28(34)26-18-19-31(37)29(20-26)35(40)41)39(27-16-11-7-12-17-27)23-32(38-3)25-14-9-6-10-15-25/h7,11,16,18-20,22,24-25,30,32,38H,4-6,8-10,12-15,17,21,23H2,1-3H3,(H,40,41)(H,42,43)/t24?,30?,32-/m0/s1. The second-order valence-electron chi connectivity index (χ2n) is 12.5. The molecule has 3 aliphatic carbocycles. The molecule has 0 aliphatic heterocycles. The van der Waals surface area contributed by atoms with E-state index in [0.717, 1.165) is 63.1 Å². The van der Waals surface area contributed by atoms with E-state index < -0.39 is 29.2 Å². The van der Waals surface area contributed by atoms with E-state index in [1.165, 1.54) is 31.4 Å². The van der Waals surface area contributed by atoms with Crippen LogP contribution in [-0.4, -0.2) is 52.8 Å². The number of aromatic carboxylic acids is 1. The first-order valence-electron chi connectivity index (χ1n) is 16.4. The summed E-state index contributed by atoms with van der Waals surface area (Å²) in [6.07, 6.45) is 19.8. The molecule has 0 spiro atoms. The van der Waals surface area contributed by atoms with Gasteiger partial charge in [0.15, 0.2) is 0 Å². The molecule has 0 aromatic heterocycles. The van der Waals surface area contributed by atoms with Crippen molar-refractivity contribution >= 4 is 17.5 Å². The lowest BCUT2D eigenvalue weighted by Gasteiger charge is -2.41. The summed E-state index contributed by atoms with van der Waals surface area (Å²) in [7, 11) is 2.00. The lowest BCUT2D eigenvalue weighted by Crippen LogP contribution is -2.46. The Bertz CT molecular complexity index is 1290. The highest BCUT2D eigenvalue weighted by Crippen LogP contribution is 2.41.